The van der Waals surface area contributed by atoms with Crippen LogP contribution in [0.15, 0.2) is 22.1 Å². The lowest BCUT2D eigenvalue weighted by Crippen LogP contribution is -2.58. The zero-order valence-electron chi connectivity index (χ0n) is 20.0. The van der Waals surface area contributed by atoms with Crippen LogP contribution in [0.3, 0.4) is 0 Å². The number of hydrogen-bond donors (Lipinski definition) is 4. The fourth-order valence-electron chi connectivity index (χ4n) is 5.21. The third kappa shape index (κ3) is 7.59. The maximum atomic E-state index is 13.5. The Morgan fingerprint density at radius 2 is 2.24 bits per heavy atom. The smallest absolute Gasteiger partial charge is 0.228 e. The number of aliphatic imine (C=N–C) groups is 2. The highest BCUT2D eigenvalue weighted by Crippen LogP contribution is 2.39. The van der Waals surface area contributed by atoms with Gasteiger partial charge in [0.25, 0.3) is 0 Å². The Hall–Kier alpha value is -1.32. The SMILES string of the molecule is CCCC1(C)CCC(Cl)C=NC(C(C(=O)NC2CN=CCC2OC2C=CCNC2)C(N)N)C1. The van der Waals surface area contributed by atoms with E-state index >= 15 is 0 Å². The van der Waals surface area contributed by atoms with Crippen molar-refractivity contribution in [2.24, 2.45) is 32.8 Å². The zero-order chi connectivity index (χ0) is 23.8. The largest absolute Gasteiger partial charge is 0.367 e. The van der Waals surface area contributed by atoms with Crippen molar-refractivity contribution in [3.05, 3.63) is 12.2 Å². The van der Waals surface area contributed by atoms with E-state index in [0.717, 1.165) is 45.2 Å². The Morgan fingerprint density at radius 3 is 2.94 bits per heavy atom. The molecule has 0 spiro atoms. The monoisotopic (exact) mass is 480 g/mol. The lowest BCUT2D eigenvalue weighted by atomic mass is 9.72. The highest BCUT2D eigenvalue weighted by Gasteiger charge is 2.40. The summed E-state index contributed by atoms with van der Waals surface area (Å²) in [6.07, 6.45) is 12.1. The fraction of sp³-hybridized carbons (Fsp3) is 0.792. The van der Waals surface area contributed by atoms with Gasteiger partial charge in [-0.25, -0.2) is 0 Å². The molecule has 0 aromatic heterocycles. The van der Waals surface area contributed by atoms with Gasteiger partial charge in [0.15, 0.2) is 0 Å². The molecular weight excluding hydrogens is 440 g/mol. The molecule has 0 bridgehead atoms. The second-order valence-corrected chi connectivity index (χ2v) is 10.5. The first-order valence-corrected chi connectivity index (χ1v) is 12.7. The lowest BCUT2D eigenvalue weighted by molar-refractivity contribution is -0.128. The number of halogens is 1. The van der Waals surface area contributed by atoms with Gasteiger partial charge in [0.05, 0.1) is 48.3 Å². The van der Waals surface area contributed by atoms with Crippen LogP contribution in [0.4, 0.5) is 0 Å². The van der Waals surface area contributed by atoms with Crippen molar-refractivity contribution < 1.29 is 9.53 Å². The van der Waals surface area contributed by atoms with Crippen LogP contribution in [0.1, 0.15) is 52.4 Å². The Kier molecular flexibility index (Phi) is 9.88. The molecule has 33 heavy (non-hydrogen) atoms. The summed E-state index contributed by atoms with van der Waals surface area (Å²) in [4.78, 5) is 22.7. The average molecular weight is 481 g/mol. The number of ether oxygens (including phenoxy) is 1. The van der Waals surface area contributed by atoms with Crippen molar-refractivity contribution in [3.63, 3.8) is 0 Å². The van der Waals surface area contributed by atoms with E-state index in [1.807, 2.05) is 6.21 Å². The summed E-state index contributed by atoms with van der Waals surface area (Å²) in [6.45, 7) is 6.52. The molecule has 0 radical (unpaired) electrons. The molecule has 1 amide bonds. The second-order valence-electron chi connectivity index (χ2n) is 9.99. The minimum absolute atomic E-state index is 0.0205. The molecule has 0 aliphatic carbocycles. The Labute approximate surface area is 203 Å². The van der Waals surface area contributed by atoms with E-state index in [-0.39, 0.29) is 41.0 Å². The molecule has 186 valence electrons. The molecule has 9 heteroatoms. The van der Waals surface area contributed by atoms with Gasteiger partial charge in [-0.3, -0.25) is 14.8 Å². The van der Waals surface area contributed by atoms with Gasteiger partial charge in [-0.2, -0.15) is 0 Å². The van der Waals surface area contributed by atoms with Crippen LogP contribution in [0.2, 0.25) is 0 Å². The van der Waals surface area contributed by atoms with E-state index in [1.54, 1.807) is 6.21 Å². The lowest BCUT2D eigenvalue weighted by Gasteiger charge is -2.38. The number of carbonyl (C=O) groups excluding carboxylic acids is 1. The van der Waals surface area contributed by atoms with Crippen molar-refractivity contribution >= 4 is 29.9 Å². The fourth-order valence-corrected chi connectivity index (χ4v) is 5.39. The predicted molar refractivity (Wildman–Crippen MR) is 135 cm³/mol. The van der Waals surface area contributed by atoms with E-state index < -0.39 is 12.1 Å². The van der Waals surface area contributed by atoms with Crippen molar-refractivity contribution in [2.75, 3.05) is 19.6 Å². The molecule has 7 atom stereocenters. The summed E-state index contributed by atoms with van der Waals surface area (Å²) < 4.78 is 6.28. The van der Waals surface area contributed by atoms with Crippen LogP contribution in [0.25, 0.3) is 0 Å². The van der Waals surface area contributed by atoms with Gasteiger partial charge in [-0.1, -0.05) is 32.4 Å². The zero-order valence-corrected chi connectivity index (χ0v) is 20.7. The number of rotatable bonds is 8. The number of nitrogens with two attached hydrogens (primary N) is 2. The van der Waals surface area contributed by atoms with Crippen molar-refractivity contribution in [2.45, 2.75) is 88.2 Å². The number of amides is 1. The van der Waals surface area contributed by atoms with Gasteiger partial charge in [0, 0.05) is 31.9 Å². The topological polar surface area (TPSA) is 127 Å². The highest BCUT2D eigenvalue weighted by molar-refractivity contribution is 6.28. The Balaban J connectivity index is 1.74. The molecule has 0 saturated carbocycles. The number of nitrogens with one attached hydrogen (secondary N) is 2. The van der Waals surface area contributed by atoms with E-state index in [0.29, 0.717) is 13.0 Å². The average Bonchev–Trinajstić information content (AvgIpc) is 2.77. The first-order chi connectivity index (χ1) is 15.8. The maximum Gasteiger partial charge on any atom is 0.228 e. The van der Waals surface area contributed by atoms with E-state index in [4.69, 9.17) is 32.8 Å². The number of alkyl halides is 1. The molecule has 3 heterocycles. The van der Waals surface area contributed by atoms with Crippen LogP contribution < -0.4 is 22.1 Å². The summed E-state index contributed by atoms with van der Waals surface area (Å²) in [5, 5.41) is 6.30. The molecule has 0 aromatic rings. The first-order valence-electron chi connectivity index (χ1n) is 12.3. The Morgan fingerprint density at radius 1 is 1.42 bits per heavy atom. The third-order valence-corrected chi connectivity index (χ3v) is 7.33. The van der Waals surface area contributed by atoms with E-state index in [1.165, 1.54) is 0 Å². The maximum absolute atomic E-state index is 13.5. The van der Waals surface area contributed by atoms with Gasteiger partial charge >= 0.3 is 0 Å². The molecule has 3 rings (SSSR count). The molecule has 7 unspecified atom stereocenters. The molecule has 6 N–H and O–H groups in total. The first kappa shape index (κ1) is 26.3. The van der Waals surface area contributed by atoms with E-state index in [2.05, 4.69) is 41.6 Å². The van der Waals surface area contributed by atoms with Crippen LogP contribution in [-0.2, 0) is 9.53 Å². The van der Waals surface area contributed by atoms with Crippen LogP contribution in [0, 0.1) is 11.3 Å². The number of carbonyl (C=O) groups is 1. The van der Waals surface area contributed by atoms with Crippen molar-refractivity contribution in [3.8, 4) is 0 Å². The summed E-state index contributed by atoms with van der Waals surface area (Å²) in [7, 11) is 0. The summed E-state index contributed by atoms with van der Waals surface area (Å²) >= 11 is 6.46. The molecule has 3 aliphatic heterocycles. The minimum atomic E-state index is -0.830. The highest BCUT2D eigenvalue weighted by atomic mass is 35.5. The minimum Gasteiger partial charge on any atom is -0.367 e. The third-order valence-electron chi connectivity index (χ3n) is 7.00. The normalized spacial score (nSPS) is 35.8. The Bertz CT molecular complexity index is 730. The van der Waals surface area contributed by atoms with Crippen molar-refractivity contribution in [1.29, 1.82) is 0 Å². The molecule has 0 fully saturated rings. The molecule has 3 aliphatic rings. The predicted octanol–water partition coefficient (Wildman–Crippen LogP) is 1.76. The second kappa shape index (κ2) is 12.4. The molecule has 0 aromatic carbocycles. The number of hydrogen-bond acceptors (Lipinski definition) is 7. The summed E-state index contributed by atoms with van der Waals surface area (Å²) in [6, 6.07) is -0.556. The standard InChI is InChI=1S/C24H41ClN6O2/c1-3-8-24(2)9-6-16(25)13-30-18(12-24)21(22(26)27)23(32)31-19-15-29-11-7-20(19)33-17-5-4-10-28-14-17/h4-5,11,13,16-22,28H,3,6-10,12,14-15,26-27H2,1-2H3,(H,31,32). The van der Waals surface area contributed by atoms with Crippen molar-refractivity contribution in [1.82, 2.24) is 10.6 Å². The van der Waals surface area contributed by atoms with Gasteiger partial charge in [-0.05, 0) is 31.1 Å². The van der Waals surface area contributed by atoms with Gasteiger partial charge in [-0.15, -0.1) is 11.6 Å². The van der Waals surface area contributed by atoms with Gasteiger partial charge in [0.1, 0.15) is 0 Å². The van der Waals surface area contributed by atoms with Crippen LogP contribution in [0.5, 0.6) is 0 Å². The quantitative estimate of drug-likeness (QED) is 0.239. The summed E-state index contributed by atoms with van der Waals surface area (Å²) in [5.41, 5.74) is 12.4. The number of nitrogens with zero attached hydrogens (tertiary/aromatic N) is 2. The molecule has 8 nitrogen and oxygen atoms in total. The van der Waals surface area contributed by atoms with Crippen LogP contribution >= 0.6 is 11.6 Å². The van der Waals surface area contributed by atoms with Gasteiger partial charge < -0.3 is 26.8 Å². The van der Waals surface area contributed by atoms with Gasteiger partial charge in [0.2, 0.25) is 5.91 Å². The summed E-state index contributed by atoms with van der Waals surface area (Å²) in [5.74, 6) is -0.840. The van der Waals surface area contributed by atoms with Crippen LogP contribution in [-0.4, -0.2) is 73.8 Å². The molecular formula is C24H41ClN6O2. The molecule has 0 saturated heterocycles. The van der Waals surface area contributed by atoms with E-state index in [9.17, 15) is 4.79 Å².